The zero-order valence-electron chi connectivity index (χ0n) is 18.7. The number of rotatable bonds is 9. The molecule has 2 aromatic rings. The van der Waals surface area contributed by atoms with E-state index < -0.39 is 29.7 Å². The number of piperidine rings is 1. The second-order valence-electron chi connectivity index (χ2n) is 8.81. The Hall–Kier alpha value is -3.82. The highest BCUT2D eigenvalue weighted by molar-refractivity contribution is 6.25. The first-order valence-electron chi connectivity index (χ1n) is 11.7. The van der Waals surface area contributed by atoms with Crippen LogP contribution in [0.5, 0.6) is 0 Å². The summed E-state index contributed by atoms with van der Waals surface area (Å²) in [6, 6.07) is 5.97. The van der Waals surface area contributed by atoms with Crippen molar-refractivity contribution in [3.05, 3.63) is 47.4 Å². The molecule has 0 bridgehead atoms. The van der Waals surface area contributed by atoms with Crippen molar-refractivity contribution in [3.63, 3.8) is 0 Å². The molecule has 4 amide bonds. The van der Waals surface area contributed by atoms with Gasteiger partial charge in [-0.05, 0) is 50.3 Å². The predicted octanol–water partition coefficient (Wildman–Crippen LogP) is 2.06. The zero-order valence-corrected chi connectivity index (χ0v) is 18.7. The molecule has 2 fully saturated rings. The second-order valence-corrected chi connectivity index (χ2v) is 8.81. The van der Waals surface area contributed by atoms with E-state index in [1.54, 1.807) is 24.4 Å². The summed E-state index contributed by atoms with van der Waals surface area (Å²) in [5, 5.41) is 8.80. The molecule has 10 heteroatoms. The molecule has 1 saturated heterocycles. The molecule has 0 spiro atoms. The van der Waals surface area contributed by atoms with Crippen LogP contribution >= 0.6 is 0 Å². The van der Waals surface area contributed by atoms with E-state index in [4.69, 9.17) is 0 Å². The molecule has 2 aliphatic heterocycles. The van der Waals surface area contributed by atoms with Crippen LogP contribution in [0, 0.1) is 0 Å². The van der Waals surface area contributed by atoms with Crippen LogP contribution in [0.4, 0.5) is 11.5 Å². The summed E-state index contributed by atoms with van der Waals surface area (Å²) in [6.45, 7) is 1.38. The molecular weight excluding hydrogens is 436 g/mol. The largest absolute Gasteiger partial charge is 0.384 e. The van der Waals surface area contributed by atoms with E-state index in [0.29, 0.717) is 18.2 Å². The Balaban J connectivity index is 1.15. The summed E-state index contributed by atoms with van der Waals surface area (Å²) in [5.41, 5.74) is 1.13. The molecule has 1 saturated carbocycles. The van der Waals surface area contributed by atoms with Crippen molar-refractivity contribution in [2.45, 2.75) is 50.5 Å². The minimum absolute atomic E-state index is 0.0971. The number of anilines is 2. The molecule has 1 aromatic heterocycles. The fourth-order valence-corrected chi connectivity index (χ4v) is 4.36. The van der Waals surface area contributed by atoms with Crippen LogP contribution in [0.1, 0.15) is 71.0 Å². The van der Waals surface area contributed by atoms with E-state index in [9.17, 15) is 19.2 Å². The highest BCUT2D eigenvalue weighted by atomic mass is 16.2. The third-order valence-electron chi connectivity index (χ3n) is 6.31. The summed E-state index contributed by atoms with van der Waals surface area (Å²) < 4.78 is 0. The average molecular weight is 463 g/mol. The van der Waals surface area contributed by atoms with Crippen LogP contribution in [-0.2, 0) is 9.59 Å². The summed E-state index contributed by atoms with van der Waals surface area (Å²) in [7, 11) is 0. The Labute approximate surface area is 196 Å². The minimum atomic E-state index is -0.966. The van der Waals surface area contributed by atoms with Gasteiger partial charge in [-0.1, -0.05) is 6.07 Å². The maximum Gasteiger partial charge on any atom is 0.264 e. The number of hydrogen-bond acceptors (Lipinski definition) is 8. The van der Waals surface area contributed by atoms with Crippen molar-refractivity contribution in [2.24, 2.45) is 0 Å². The van der Waals surface area contributed by atoms with Crippen molar-refractivity contribution in [3.8, 4) is 0 Å². The maximum atomic E-state index is 13.1. The summed E-state index contributed by atoms with van der Waals surface area (Å²) in [6.07, 6.45) is 6.09. The van der Waals surface area contributed by atoms with Crippen molar-refractivity contribution in [2.75, 3.05) is 23.7 Å². The number of benzene rings is 1. The minimum Gasteiger partial charge on any atom is -0.384 e. The lowest BCUT2D eigenvalue weighted by Gasteiger charge is -2.27. The monoisotopic (exact) mass is 462 g/mol. The van der Waals surface area contributed by atoms with Crippen LogP contribution in [0.3, 0.4) is 0 Å². The van der Waals surface area contributed by atoms with Crippen molar-refractivity contribution in [1.29, 1.82) is 0 Å². The van der Waals surface area contributed by atoms with Gasteiger partial charge in [-0.15, -0.1) is 0 Å². The van der Waals surface area contributed by atoms with E-state index in [0.717, 1.165) is 48.8 Å². The molecule has 1 atom stereocenters. The molecule has 1 aliphatic carbocycles. The normalized spacial score (nSPS) is 19.8. The molecule has 176 valence electrons. The number of hydrogen-bond donors (Lipinski definition) is 3. The van der Waals surface area contributed by atoms with E-state index in [1.807, 2.05) is 6.07 Å². The van der Waals surface area contributed by atoms with Crippen LogP contribution in [0.25, 0.3) is 0 Å². The summed E-state index contributed by atoms with van der Waals surface area (Å²) in [4.78, 5) is 59.5. The van der Waals surface area contributed by atoms with Crippen LogP contribution in [0.2, 0.25) is 0 Å². The van der Waals surface area contributed by atoms with E-state index in [2.05, 4.69) is 25.9 Å². The number of nitrogens with one attached hydrogen (secondary N) is 3. The van der Waals surface area contributed by atoms with E-state index in [1.165, 1.54) is 0 Å². The first-order chi connectivity index (χ1) is 16.5. The molecule has 5 rings (SSSR count). The van der Waals surface area contributed by atoms with Gasteiger partial charge in [-0.25, -0.2) is 9.97 Å². The number of aromatic nitrogens is 2. The predicted molar refractivity (Wildman–Crippen MR) is 123 cm³/mol. The van der Waals surface area contributed by atoms with Gasteiger partial charge in [0.15, 0.2) is 0 Å². The number of unbranched alkanes of at least 4 members (excludes halogenated alkanes) is 1. The number of carbonyl (C=O) groups is 4. The molecule has 3 heterocycles. The van der Waals surface area contributed by atoms with Gasteiger partial charge in [0.05, 0.1) is 11.1 Å². The zero-order chi connectivity index (χ0) is 23.7. The van der Waals surface area contributed by atoms with E-state index >= 15 is 0 Å². The van der Waals surface area contributed by atoms with Gasteiger partial charge in [0, 0.05) is 37.3 Å². The third-order valence-corrected chi connectivity index (χ3v) is 6.31. The van der Waals surface area contributed by atoms with Gasteiger partial charge in [-0.3, -0.25) is 29.4 Å². The second kappa shape index (κ2) is 9.20. The van der Waals surface area contributed by atoms with Crippen LogP contribution in [0.15, 0.2) is 30.5 Å². The first-order valence-corrected chi connectivity index (χ1v) is 11.7. The average Bonchev–Trinajstić information content (AvgIpc) is 3.65. The Morgan fingerprint density at radius 2 is 1.76 bits per heavy atom. The highest BCUT2D eigenvalue weighted by Crippen LogP contribution is 2.38. The molecule has 3 N–H and O–H groups in total. The number of nitrogens with zero attached hydrogens (tertiary/aromatic N) is 3. The lowest BCUT2D eigenvalue weighted by Crippen LogP contribution is -2.54. The number of amides is 4. The molecule has 1 aromatic carbocycles. The van der Waals surface area contributed by atoms with Crippen molar-refractivity contribution >= 4 is 35.1 Å². The van der Waals surface area contributed by atoms with Crippen molar-refractivity contribution < 1.29 is 19.2 Å². The molecule has 0 radical (unpaired) electrons. The van der Waals surface area contributed by atoms with Gasteiger partial charge in [0.2, 0.25) is 11.8 Å². The standard InChI is InChI=1S/C24H26N6O4/c31-19-9-8-17(22(32)29-19)30-23(33)15-4-3-5-16(20(15)24(30)34)25-11-1-2-12-26-18-10-13-27-21(28-18)14-6-7-14/h3-5,10,13-14,17,25H,1-2,6-9,11-12H2,(H,26,27,28)(H,29,31,32). The lowest BCUT2D eigenvalue weighted by molar-refractivity contribution is -0.136. The van der Waals surface area contributed by atoms with E-state index in [-0.39, 0.29) is 24.0 Å². The van der Waals surface area contributed by atoms with Crippen LogP contribution in [-0.4, -0.2) is 57.6 Å². The Morgan fingerprint density at radius 1 is 0.971 bits per heavy atom. The Morgan fingerprint density at radius 3 is 2.53 bits per heavy atom. The number of carbonyl (C=O) groups excluding carboxylic acids is 4. The molecule has 34 heavy (non-hydrogen) atoms. The van der Waals surface area contributed by atoms with Gasteiger partial charge < -0.3 is 10.6 Å². The summed E-state index contributed by atoms with van der Waals surface area (Å²) in [5.74, 6) is 0.253. The topological polar surface area (TPSA) is 133 Å². The van der Waals surface area contributed by atoms with Crippen molar-refractivity contribution in [1.82, 2.24) is 20.2 Å². The smallest absolute Gasteiger partial charge is 0.264 e. The Bertz CT molecular complexity index is 1160. The third kappa shape index (κ3) is 4.35. The molecular formula is C24H26N6O4. The molecule has 3 aliphatic rings. The lowest BCUT2D eigenvalue weighted by atomic mass is 10.0. The fourth-order valence-electron chi connectivity index (χ4n) is 4.36. The maximum absolute atomic E-state index is 13.1. The molecule has 1 unspecified atom stereocenters. The van der Waals surface area contributed by atoms with Gasteiger partial charge in [0.25, 0.3) is 11.8 Å². The van der Waals surface area contributed by atoms with Crippen LogP contribution < -0.4 is 16.0 Å². The Kier molecular flexibility index (Phi) is 5.95. The van der Waals surface area contributed by atoms with Gasteiger partial charge in [-0.2, -0.15) is 0 Å². The highest BCUT2D eigenvalue weighted by Gasteiger charge is 2.45. The molecule has 10 nitrogen and oxygen atoms in total. The van der Waals surface area contributed by atoms with Gasteiger partial charge >= 0.3 is 0 Å². The first kappa shape index (κ1) is 22.0. The quantitative estimate of drug-likeness (QED) is 0.381. The summed E-state index contributed by atoms with van der Waals surface area (Å²) >= 11 is 0. The number of fused-ring (bicyclic) bond motifs is 1. The SMILES string of the molecule is O=C1CCC(N2C(=O)c3cccc(NCCCCNc4ccnc(C5CC5)n4)c3C2=O)C(=O)N1. The number of imide groups is 2. The fraction of sp³-hybridized carbons (Fsp3) is 0.417. The van der Waals surface area contributed by atoms with Gasteiger partial charge in [0.1, 0.15) is 17.7 Å².